The Hall–Kier alpha value is -0.300. The average Bonchev–Trinajstić information content (AvgIpc) is 2.03. The van der Waals surface area contributed by atoms with E-state index in [1.807, 2.05) is 0 Å². The Bertz CT molecular complexity index is 243. The molecule has 0 aliphatic heterocycles. The lowest BCUT2D eigenvalue weighted by atomic mass is 9.57. The van der Waals surface area contributed by atoms with Crippen molar-refractivity contribution < 1.29 is 0 Å². The fourth-order valence-corrected chi connectivity index (χ4v) is 3.68. The van der Waals surface area contributed by atoms with Crippen LogP contribution in [0.25, 0.3) is 0 Å². The Morgan fingerprint density at radius 2 is 2.42 bits per heavy atom. The van der Waals surface area contributed by atoms with Crippen LogP contribution in [0.5, 0.6) is 0 Å². The molecule has 4 aliphatic rings. The van der Waals surface area contributed by atoms with Gasteiger partial charge in [-0.15, -0.1) is 0 Å². The molecule has 0 aromatic heterocycles. The quantitative estimate of drug-likeness (QED) is 0.544. The standard InChI is InChI=1S/C11H17N/c12-11-5-1-2-9-6-8(7-11)3-4-10(9)11/h4,8-9H,1-3,5-7,12H2. The summed E-state index contributed by atoms with van der Waals surface area (Å²) in [5.41, 5.74) is 8.21. The smallest absolute Gasteiger partial charge is 0.0374 e. The molecule has 0 aromatic carbocycles. The number of allylic oxidation sites excluding steroid dienone is 1. The molecule has 0 heterocycles. The van der Waals surface area contributed by atoms with Gasteiger partial charge in [-0.25, -0.2) is 0 Å². The van der Waals surface area contributed by atoms with Crippen molar-refractivity contribution in [2.75, 3.05) is 0 Å². The van der Waals surface area contributed by atoms with Crippen molar-refractivity contribution in [2.24, 2.45) is 17.6 Å². The fourth-order valence-electron chi connectivity index (χ4n) is 3.68. The van der Waals surface area contributed by atoms with Gasteiger partial charge in [-0.1, -0.05) is 18.1 Å². The van der Waals surface area contributed by atoms with Gasteiger partial charge in [-0.05, 0) is 43.9 Å². The van der Waals surface area contributed by atoms with E-state index in [4.69, 9.17) is 5.73 Å². The summed E-state index contributed by atoms with van der Waals surface area (Å²) in [5.74, 6) is 1.81. The number of rotatable bonds is 0. The van der Waals surface area contributed by atoms with Gasteiger partial charge >= 0.3 is 0 Å². The van der Waals surface area contributed by atoms with E-state index in [2.05, 4.69) is 6.08 Å². The second-order valence-corrected chi connectivity index (χ2v) is 4.95. The van der Waals surface area contributed by atoms with E-state index >= 15 is 0 Å². The van der Waals surface area contributed by atoms with Crippen LogP contribution in [-0.2, 0) is 0 Å². The third kappa shape index (κ3) is 0.779. The van der Waals surface area contributed by atoms with Crippen molar-refractivity contribution in [2.45, 2.75) is 44.1 Å². The van der Waals surface area contributed by atoms with Crippen molar-refractivity contribution >= 4 is 0 Å². The Kier molecular flexibility index (Phi) is 1.27. The molecule has 0 saturated heterocycles. The van der Waals surface area contributed by atoms with Gasteiger partial charge in [0.25, 0.3) is 0 Å². The Balaban J connectivity index is 2.06. The summed E-state index contributed by atoms with van der Waals surface area (Å²) in [4.78, 5) is 0. The van der Waals surface area contributed by atoms with Gasteiger partial charge in [0.05, 0.1) is 0 Å². The maximum atomic E-state index is 6.42. The Morgan fingerprint density at radius 1 is 1.50 bits per heavy atom. The minimum Gasteiger partial charge on any atom is -0.322 e. The molecule has 2 saturated carbocycles. The molecule has 12 heavy (non-hydrogen) atoms. The van der Waals surface area contributed by atoms with Crippen LogP contribution < -0.4 is 5.73 Å². The summed E-state index contributed by atoms with van der Waals surface area (Å²) in [7, 11) is 0. The van der Waals surface area contributed by atoms with Gasteiger partial charge in [0.1, 0.15) is 0 Å². The molecule has 1 heteroatoms. The zero-order valence-corrected chi connectivity index (χ0v) is 7.55. The first-order chi connectivity index (χ1) is 5.78. The number of nitrogens with two attached hydrogens (primary N) is 1. The summed E-state index contributed by atoms with van der Waals surface area (Å²) in [6, 6.07) is 0. The SMILES string of the molecule is NC12CCCC3CC(CC=C31)C2. The highest BCUT2D eigenvalue weighted by molar-refractivity contribution is 5.31. The molecule has 4 bridgehead atoms. The molecule has 3 unspecified atom stereocenters. The molecule has 1 nitrogen and oxygen atoms in total. The zero-order chi connectivity index (χ0) is 8.18. The number of hydrogen-bond donors (Lipinski definition) is 1. The van der Waals surface area contributed by atoms with E-state index in [9.17, 15) is 0 Å². The maximum Gasteiger partial charge on any atom is 0.0374 e. The molecule has 4 rings (SSSR count). The summed E-state index contributed by atoms with van der Waals surface area (Å²) in [6.45, 7) is 0. The molecule has 4 aliphatic carbocycles. The topological polar surface area (TPSA) is 26.0 Å². The lowest BCUT2D eigenvalue weighted by Gasteiger charge is -2.51. The van der Waals surface area contributed by atoms with Crippen molar-refractivity contribution in [3.05, 3.63) is 11.6 Å². The first-order valence-corrected chi connectivity index (χ1v) is 5.27. The van der Waals surface area contributed by atoms with Crippen LogP contribution >= 0.6 is 0 Å². The van der Waals surface area contributed by atoms with Crippen LogP contribution in [0, 0.1) is 11.8 Å². The largest absolute Gasteiger partial charge is 0.322 e. The first kappa shape index (κ1) is 7.14. The molecule has 0 spiro atoms. The average molecular weight is 163 g/mol. The lowest BCUT2D eigenvalue weighted by molar-refractivity contribution is 0.161. The van der Waals surface area contributed by atoms with E-state index in [0.717, 1.165) is 11.8 Å². The van der Waals surface area contributed by atoms with Crippen molar-refractivity contribution in [1.29, 1.82) is 0 Å². The first-order valence-electron chi connectivity index (χ1n) is 5.27. The van der Waals surface area contributed by atoms with Gasteiger partial charge in [0, 0.05) is 5.54 Å². The minimum atomic E-state index is 0.157. The molecular formula is C11H17N. The predicted molar refractivity (Wildman–Crippen MR) is 49.7 cm³/mol. The molecule has 66 valence electrons. The molecular weight excluding hydrogens is 146 g/mol. The summed E-state index contributed by atoms with van der Waals surface area (Å²) >= 11 is 0. The van der Waals surface area contributed by atoms with Gasteiger partial charge in [-0.2, -0.15) is 0 Å². The van der Waals surface area contributed by atoms with Crippen LogP contribution in [0.3, 0.4) is 0 Å². The van der Waals surface area contributed by atoms with Gasteiger partial charge in [-0.3, -0.25) is 0 Å². The van der Waals surface area contributed by atoms with E-state index in [-0.39, 0.29) is 5.54 Å². The van der Waals surface area contributed by atoms with Crippen LogP contribution in [-0.4, -0.2) is 5.54 Å². The normalized spacial score (nSPS) is 50.6. The second-order valence-electron chi connectivity index (χ2n) is 4.95. The van der Waals surface area contributed by atoms with E-state index in [1.165, 1.54) is 38.5 Å². The van der Waals surface area contributed by atoms with E-state index < -0.39 is 0 Å². The molecule has 3 atom stereocenters. The highest BCUT2D eigenvalue weighted by Gasteiger charge is 2.46. The van der Waals surface area contributed by atoms with Gasteiger partial charge in [0.2, 0.25) is 0 Å². The van der Waals surface area contributed by atoms with Crippen molar-refractivity contribution in [3.63, 3.8) is 0 Å². The van der Waals surface area contributed by atoms with Crippen molar-refractivity contribution in [1.82, 2.24) is 0 Å². The Morgan fingerprint density at radius 3 is 3.08 bits per heavy atom. The number of hydrogen-bond acceptors (Lipinski definition) is 1. The predicted octanol–water partition coefficient (Wildman–Crippen LogP) is 2.22. The lowest BCUT2D eigenvalue weighted by Crippen LogP contribution is -2.53. The zero-order valence-electron chi connectivity index (χ0n) is 7.55. The summed E-state index contributed by atoms with van der Waals surface area (Å²) < 4.78 is 0. The second kappa shape index (κ2) is 2.14. The third-order valence-electron chi connectivity index (χ3n) is 4.13. The van der Waals surface area contributed by atoms with Crippen LogP contribution in [0.15, 0.2) is 11.6 Å². The summed E-state index contributed by atoms with van der Waals surface area (Å²) in [5, 5.41) is 0. The highest BCUT2D eigenvalue weighted by Crippen LogP contribution is 2.52. The van der Waals surface area contributed by atoms with E-state index in [1.54, 1.807) is 5.57 Å². The third-order valence-corrected chi connectivity index (χ3v) is 4.13. The highest BCUT2D eigenvalue weighted by atomic mass is 14.8. The van der Waals surface area contributed by atoms with Gasteiger partial charge < -0.3 is 5.73 Å². The molecule has 2 N–H and O–H groups in total. The van der Waals surface area contributed by atoms with Crippen molar-refractivity contribution in [3.8, 4) is 0 Å². The molecule has 0 aromatic rings. The monoisotopic (exact) mass is 163 g/mol. The van der Waals surface area contributed by atoms with Crippen LogP contribution in [0.4, 0.5) is 0 Å². The van der Waals surface area contributed by atoms with Gasteiger partial charge in [0.15, 0.2) is 0 Å². The molecule has 2 fully saturated rings. The van der Waals surface area contributed by atoms with Crippen LogP contribution in [0.2, 0.25) is 0 Å². The number of fused-ring (bicyclic) bond motifs is 1. The van der Waals surface area contributed by atoms with E-state index in [0.29, 0.717) is 0 Å². The molecule has 0 amide bonds. The molecule has 0 radical (unpaired) electrons. The van der Waals surface area contributed by atoms with Crippen LogP contribution in [0.1, 0.15) is 38.5 Å². The maximum absolute atomic E-state index is 6.42. The summed E-state index contributed by atoms with van der Waals surface area (Å²) in [6.07, 6.45) is 10.6. The fraction of sp³-hybridized carbons (Fsp3) is 0.818. The minimum absolute atomic E-state index is 0.157. The Labute approximate surface area is 74.0 Å².